The van der Waals surface area contributed by atoms with Gasteiger partial charge in [-0.25, -0.2) is 4.98 Å². The molecule has 1 aliphatic rings. The van der Waals surface area contributed by atoms with Crippen LogP contribution in [-0.2, 0) is 11.0 Å². The summed E-state index contributed by atoms with van der Waals surface area (Å²) in [7, 11) is 2.81. The van der Waals surface area contributed by atoms with E-state index in [4.69, 9.17) is 4.74 Å². The number of nitrogens with one attached hydrogen (secondary N) is 3. The Kier molecular flexibility index (Phi) is 6.45. The molecule has 2 heterocycles. The lowest BCUT2D eigenvalue weighted by atomic mass is 10.1. The van der Waals surface area contributed by atoms with E-state index in [1.54, 1.807) is 18.2 Å². The van der Waals surface area contributed by atoms with Gasteiger partial charge in [0.15, 0.2) is 0 Å². The number of anilines is 5. The number of halogens is 3. The molecule has 0 fully saturated rings. The number of carbonyl (C=O) groups excluding carboxylic acids is 2. The highest BCUT2D eigenvalue weighted by Gasteiger charge is 2.36. The van der Waals surface area contributed by atoms with Crippen LogP contribution in [0.3, 0.4) is 0 Å². The highest BCUT2D eigenvalue weighted by atomic mass is 19.4. The van der Waals surface area contributed by atoms with Crippen LogP contribution in [0.4, 0.5) is 42.0 Å². The number of hydrogen-bond donors (Lipinski definition) is 3. The van der Waals surface area contributed by atoms with E-state index in [1.165, 1.54) is 38.4 Å². The molecule has 0 aliphatic carbocycles. The molecule has 9 nitrogen and oxygen atoms in total. The van der Waals surface area contributed by atoms with E-state index in [-0.39, 0.29) is 17.2 Å². The molecular formula is C23H21F3N6O3. The van der Waals surface area contributed by atoms with Crippen molar-refractivity contribution in [1.82, 2.24) is 14.9 Å². The summed E-state index contributed by atoms with van der Waals surface area (Å²) < 4.78 is 46.6. The number of likely N-dealkylation sites (N-methyl/N-ethyl adjacent to an activating group) is 1. The highest BCUT2D eigenvalue weighted by molar-refractivity contribution is 6.43. The Labute approximate surface area is 198 Å². The Morgan fingerprint density at radius 3 is 2.63 bits per heavy atom. The smallest absolute Gasteiger partial charge is 0.421 e. The summed E-state index contributed by atoms with van der Waals surface area (Å²) in [5.74, 6) is -1.71. The van der Waals surface area contributed by atoms with Crippen molar-refractivity contribution in [3.8, 4) is 5.75 Å². The third-order valence-corrected chi connectivity index (χ3v) is 5.03. The van der Waals surface area contributed by atoms with Gasteiger partial charge in [0.2, 0.25) is 5.95 Å². The van der Waals surface area contributed by atoms with Gasteiger partial charge in [-0.3, -0.25) is 9.59 Å². The van der Waals surface area contributed by atoms with Crippen LogP contribution < -0.4 is 20.7 Å². The van der Waals surface area contributed by atoms with E-state index in [0.717, 1.165) is 10.6 Å². The quantitative estimate of drug-likeness (QED) is 0.354. The van der Waals surface area contributed by atoms with Crippen molar-refractivity contribution in [2.24, 2.45) is 0 Å². The van der Waals surface area contributed by atoms with Gasteiger partial charge in [-0.15, -0.1) is 0 Å². The van der Waals surface area contributed by atoms with E-state index in [1.807, 2.05) is 0 Å². The topological polar surface area (TPSA) is 108 Å². The summed E-state index contributed by atoms with van der Waals surface area (Å²) in [5, 5.41) is 8.61. The molecule has 182 valence electrons. The minimum Gasteiger partial charge on any atom is -0.490 e. The minimum atomic E-state index is -4.77. The largest absolute Gasteiger partial charge is 0.490 e. The van der Waals surface area contributed by atoms with Crippen LogP contribution in [0.2, 0.25) is 0 Å². The van der Waals surface area contributed by atoms with Crippen LogP contribution in [-0.4, -0.2) is 53.8 Å². The minimum absolute atomic E-state index is 0.00187. The van der Waals surface area contributed by atoms with Gasteiger partial charge < -0.3 is 25.6 Å². The zero-order chi connectivity index (χ0) is 25.2. The number of para-hydroxylation sites is 1. The van der Waals surface area contributed by atoms with Gasteiger partial charge in [0.1, 0.15) is 23.7 Å². The molecule has 0 spiro atoms. The standard InChI is InChI=1S/C23H21F3N6O3/c1-32(2)21(34)19(33)14-5-3-4-6-16(14)30-20-15(23(24,25)26)12-28-22(31-20)29-13-7-8-18-17(11-13)27-9-10-35-18/h3-8,11-12,27H,9-10H2,1-2H3,(H2,28,29,30,31). The first-order valence-corrected chi connectivity index (χ1v) is 10.5. The molecule has 0 atom stereocenters. The van der Waals surface area contributed by atoms with Crippen LogP contribution in [0.25, 0.3) is 0 Å². The van der Waals surface area contributed by atoms with Gasteiger partial charge in [-0.1, -0.05) is 12.1 Å². The molecule has 4 rings (SSSR count). The third-order valence-electron chi connectivity index (χ3n) is 5.03. The fourth-order valence-electron chi connectivity index (χ4n) is 3.33. The zero-order valence-corrected chi connectivity index (χ0v) is 18.7. The van der Waals surface area contributed by atoms with Gasteiger partial charge in [-0.05, 0) is 30.3 Å². The first-order valence-electron chi connectivity index (χ1n) is 10.5. The summed E-state index contributed by atoms with van der Waals surface area (Å²) in [4.78, 5) is 33.6. The molecule has 0 unspecified atom stereocenters. The van der Waals surface area contributed by atoms with Crippen LogP contribution in [0, 0.1) is 0 Å². The Morgan fingerprint density at radius 2 is 1.89 bits per heavy atom. The van der Waals surface area contributed by atoms with Crippen molar-refractivity contribution in [2.75, 3.05) is 43.2 Å². The van der Waals surface area contributed by atoms with E-state index in [9.17, 15) is 22.8 Å². The summed E-state index contributed by atoms with van der Waals surface area (Å²) >= 11 is 0. The number of aromatic nitrogens is 2. The van der Waals surface area contributed by atoms with E-state index in [2.05, 4.69) is 25.9 Å². The predicted molar refractivity (Wildman–Crippen MR) is 123 cm³/mol. The van der Waals surface area contributed by atoms with Crippen LogP contribution in [0.1, 0.15) is 15.9 Å². The molecule has 12 heteroatoms. The second-order valence-corrected chi connectivity index (χ2v) is 7.76. The number of hydrogen-bond acceptors (Lipinski definition) is 8. The number of amides is 1. The molecule has 0 bridgehead atoms. The normalized spacial score (nSPS) is 12.6. The van der Waals surface area contributed by atoms with E-state index >= 15 is 0 Å². The SMILES string of the molecule is CN(C)C(=O)C(=O)c1ccccc1Nc1nc(Nc2ccc3c(c2)NCCO3)ncc1C(F)(F)F. The van der Waals surface area contributed by atoms with Crippen molar-refractivity contribution in [3.05, 3.63) is 59.8 Å². The van der Waals surface area contributed by atoms with Gasteiger partial charge in [-0.2, -0.15) is 18.2 Å². The molecule has 0 radical (unpaired) electrons. The predicted octanol–water partition coefficient (Wildman–Crippen LogP) is 4.06. The Morgan fingerprint density at radius 1 is 1.11 bits per heavy atom. The van der Waals surface area contributed by atoms with E-state index < -0.39 is 29.2 Å². The first kappa shape index (κ1) is 23.8. The molecule has 3 N–H and O–H groups in total. The fraction of sp³-hybridized carbons (Fsp3) is 0.217. The second-order valence-electron chi connectivity index (χ2n) is 7.76. The van der Waals surface area contributed by atoms with Crippen LogP contribution >= 0.6 is 0 Å². The number of carbonyl (C=O) groups is 2. The lowest BCUT2D eigenvalue weighted by Crippen LogP contribution is -2.30. The molecule has 3 aromatic rings. The number of fused-ring (bicyclic) bond motifs is 1. The van der Waals surface area contributed by atoms with Crippen LogP contribution in [0.5, 0.6) is 5.75 Å². The van der Waals surface area contributed by atoms with Gasteiger partial charge in [0.25, 0.3) is 11.7 Å². The van der Waals surface area contributed by atoms with Crippen LogP contribution in [0.15, 0.2) is 48.7 Å². The number of benzene rings is 2. The first-order chi connectivity index (χ1) is 16.6. The second kappa shape index (κ2) is 9.49. The molecule has 1 aromatic heterocycles. The van der Waals surface area contributed by atoms with Gasteiger partial charge in [0.05, 0.1) is 16.9 Å². The molecule has 0 saturated heterocycles. The zero-order valence-electron chi connectivity index (χ0n) is 18.7. The summed E-state index contributed by atoms with van der Waals surface area (Å²) in [6.45, 7) is 1.15. The molecule has 2 aromatic carbocycles. The average molecular weight is 486 g/mol. The molecular weight excluding hydrogens is 465 g/mol. The molecule has 35 heavy (non-hydrogen) atoms. The highest BCUT2D eigenvalue weighted by Crippen LogP contribution is 2.36. The average Bonchev–Trinajstić information content (AvgIpc) is 2.83. The van der Waals surface area contributed by atoms with E-state index in [0.29, 0.717) is 30.8 Å². The number of rotatable bonds is 6. The maximum absolute atomic E-state index is 13.7. The Bertz CT molecular complexity index is 1280. The third kappa shape index (κ3) is 5.26. The lowest BCUT2D eigenvalue weighted by Gasteiger charge is -2.20. The fourth-order valence-corrected chi connectivity index (χ4v) is 3.33. The maximum atomic E-state index is 13.7. The van der Waals surface area contributed by atoms with Gasteiger partial charge in [0, 0.05) is 32.5 Å². The van der Waals surface area contributed by atoms with Crippen molar-refractivity contribution in [1.29, 1.82) is 0 Å². The van der Waals surface area contributed by atoms with Crippen molar-refractivity contribution in [2.45, 2.75) is 6.18 Å². The molecule has 1 aliphatic heterocycles. The molecule has 0 saturated carbocycles. The van der Waals surface area contributed by atoms with Gasteiger partial charge >= 0.3 is 6.18 Å². The number of nitrogens with zero attached hydrogens (tertiary/aromatic N) is 3. The monoisotopic (exact) mass is 486 g/mol. The molecule has 1 amide bonds. The maximum Gasteiger partial charge on any atom is 0.421 e. The number of ether oxygens (including phenoxy) is 1. The number of alkyl halides is 3. The summed E-state index contributed by atoms with van der Waals surface area (Å²) in [5.41, 5.74) is 0.0278. The summed E-state index contributed by atoms with van der Waals surface area (Å²) in [6.07, 6.45) is -4.13. The lowest BCUT2D eigenvalue weighted by molar-refractivity contribution is -0.137. The van der Waals surface area contributed by atoms with Crippen molar-refractivity contribution in [3.63, 3.8) is 0 Å². The Balaban J connectivity index is 1.68. The Hall–Kier alpha value is -4.35. The van der Waals surface area contributed by atoms with Crippen molar-refractivity contribution >= 4 is 40.5 Å². The summed E-state index contributed by atoms with van der Waals surface area (Å²) in [6, 6.07) is 10.9. The van der Waals surface area contributed by atoms with Crippen molar-refractivity contribution < 1.29 is 27.5 Å². The number of ketones is 1. The number of Topliss-reactive ketones (excluding diaryl/α,β-unsaturated/α-hetero) is 1.